The zero-order chi connectivity index (χ0) is 18.5. The molecule has 0 fully saturated rings. The summed E-state index contributed by atoms with van der Waals surface area (Å²) >= 11 is 0. The zero-order valence-corrected chi connectivity index (χ0v) is 15.5. The van der Waals surface area contributed by atoms with Crippen molar-refractivity contribution in [2.75, 3.05) is 0 Å². The zero-order valence-electron chi connectivity index (χ0n) is 15.5. The van der Waals surface area contributed by atoms with Gasteiger partial charge in [0, 0.05) is 22.4 Å². The molecule has 4 aromatic rings. The normalized spacial score (nSPS) is 13.0. The van der Waals surface area contributed by atoms with Gasteiger partial charge in [-0.2, -0.15) is 0 Å². The topological polar surface area (TPSA) is 55.5 Å². The van der Waals surface area contributed by atoms with E-state index in [4.69, 9.17) is 9.07 Å². The minimum atomic E-state index is -0.945. The Labute approximate surface area is 153 Å². The van der Waals surface area contributed by atoms with E-state index in [0.717, 1.165) is 38.3 Å². The number of hydrogen-bond donors (Lipinski definition) is 1. The van der Waals surface area contributed by atoms with Crippen LogP contribution in [0.5, 0.6) is 0 Å². The Balaban J connectivity index is 1.84. The highest BCUT2D eigenvalue weighted by Crippen LogP contribution is 2.31. The van der Waals surface area contributed by atoms with Gasteiger partial charge in [0.25, 0.3) is 0 Å². The van der Waals surface area contributed by atoms with Gasteiger partial charge < -0.3 is 14.2 Å². The number of furan rings is 1. The number of aliphatic hydroxyl groups is 1. The quantitative estimate of drug-likeness (QED) is 0.572. The minimum Gasteiger partial charge on any atom is -0.456 e. The van der Waals surface area contributed by atoms with Crippen LogP contribution in [0.1, 0.15) is 27.7 Å². The van der Waals surface area contributed by atoms with E-state index in [-0.39, 0.29) is 0 Å². The highest BCUT2D eigenvalue weighted by atomic mass is 16.5. The molecule has 132 valence electrons. The molecule has 2 aromatic heterocycles. The van der Waals surface area contributed by atoms with Gasteiger partial charge in [-0.15, -0.1) is 0 Å². The fraction of sp³-hybridized carbons (Fsp3) is 0.286. The third kappa shape index (κ3) is 2.77. The summed E-state index contributed by atoms with van der Waals surface area (Å²) in [5, 5.41) is 13.5. The third-order valence-corrected chi connectivity index (χ3v) is 5.37. The standard InChI is InChI=1S/C21H22BNO3/c1-20(2,24)21(3,4)26-22-15-8-5-9-17-19(15)14-12-16-13(7-6-10-23-16)11-18(14)25-17/h5-12,22,24H,1-4H3. The molecule has 26 heavy (non-hydrogen) atoms. The average molecular weight is 347 g/mol. The lowest BCUT2D eigenvalue weighted by molar-refractivity contribution is -0.0893. The van der Waals surface area contributed by atoms with Gasteiger partial charge in [0.1, 0.15) is 11.2 Å². The maximum Gasteiger partial charge on any atom is 0.310 e. The smallest absolute Gasteiger partial charge is 0.310 e. The van der Waals surface area contributed by atoms with Gasteiger partial charge in [0.15, 0.2) is 0 Å². The average Bonchev–Trinajstić information content (AvgIpc) is 2.95. The van der Waals surface area contributed by atoms with Crippen LogP contribution in [0.3, 0.4) is 0 Å². The van der Waals surface area contributed by atoms with Gasteiger partial charge in [-0.25, -0.2) is 0 Å². The summed E-state index contributed by atoms with van der Waals surface area (Å²) in [5.74, 6) is 0. The highest BCUT2D eigenvalue weighted by molar-refractivity contribution is 6.53. The summed E-state index contributed by atoms with van der Waals surface area (Å²) in [5.41, 5.74) is 2.03. The Morgan fingerprint density at radius 1 is 1.04 bits per heavy atom. The third-order valence-electron chi connectivity index (χ3n) is 5.37. The number of pyridine rings is 1. The van der Waals surface area contributed by atoms with Crippen molar-refractivity contribution in [3.63, 3.8) is 0 Å². The monoisotopic (exact) mass is 347 g/mol. The largest absolute Gasteiger partial charge is 0.456 e. The van der Waals surface area contributed by atoms with E-state index >= 15 is 0 Å². The van der Waals surface area contributed by atoms with Crippen molar-refractivity contribution < 1.29 is 14.2 Å². The fourth-order valence-electron chi connectivity index (χ4n) is 3.02. The number of hydrogen-bond acceptors (Lipinski definition) is 4. The molecule has 0 amide bonds. The molecule has 0 spiro atoms. The van der Waals surface area contributed by atoms with Gasteiger partial charge in [-0.3, -0.25) is 4.98 Å². The van der Waals surface area contributed by atoms with Gasteiger partial charge in [-0.05, 0) is 57.4 Å². The van der Waals surface area contributed by atoms with E-state index in [1.807, 2.05) is 50.2 Å². The van der Waals surface area contributed by atoms with Crippen molar-refractivity contribution in [1.29, 1.82) is 0 Å². The van der Waals surface area contributed by atoms with E-state index in [2.05, 4.69) is 11.1 Å². The lowest BCUT2D eigenvalue weighted by Gasteiger charge is -2.37. The van der Waals surface area contributed by atoms with Gasteiger partial charge in [0.05, 0.1) is 16.7 Å². The van der Waals surface area contributed by atoms with E-state index in [0.29, 0.717) is 7.48 Å². The first-order chi connectivity index (χ1) is 12.3. The lowest BCUT2D eigenvalue weighted by atomic mass is 9.80. The number of benzene rings is 2. The fourth-order valence-corrected chi connectivity index (χ4v) is 3.02. The van der Waals surface area contributed by atoms with Crippen LogP contribution < -0.4 is 5.46 Å². The van der Waals surface area contributed by atoms with E-state index in [1.54, 1.807) is 20.0 Å². The molecule has 0 aliphatic heterocycles. The molecule has 0 aliphatic carbocycles. The Morgan fingerprint density at radius 2 is 1.85 bits per heavy atom. The second-order valence-corrected chi connectivity index (χ2v) is 7.79. The van der Waals surface area contributed by atoms with Crippen molar-refractivity contribution in [3.8, 4) is 0 Å². The minimum absolute atomic E-state index is 0.392. The van der Waals surface area contributed by atoms with Crippen LogP contribution in [0.2, 0.25) is 0 Å². The Morgan fingerprint density at radius 3 is 2.62 bits per heavy atom. The molecule has 5 heteroatoms. The van der Waals surface area contributed by atoms with Crippen LogP contribution in [-0.4, -0.2) is 28.8 Å². The van der Waals surface area contributed by atoms with Crippen LogP contribution in [0, 0.1) is 0 Å². The maximum atomic E-state index is 10.3. The van der Waals surface area contributed by atoms with Crippen molar-refractivity contribution in [2.24, 2.45) is 0 Å². The molecule has 0 saturated heterocycles. The summed E-state index contributed by atoms with van der Waals surface area (Å²) < 4.78 is 12.2. The molecular weight excluding hydrogens is 325 g/mol. The first-order valence-corrected chi connectivity index (χ1v) is 8.81. The molecule has 0 radical (unpaired) electrons. The van der Waals surface area contributed by atoms with Crippen LogP contribution in [0.25, 0.3) is 32.8 Å². The van der Waals surface area contributed by atoms with Crippen LogP contribution >= 0.6 is 0 Å². The first-order valence-electron chi connectivity index (χ1n) is 8.81. The number of aromatic nitrogens is 1. The molecule has 2 aromatic carbocycles. The summed E-state index contributed by atoms with van der Waals surface area (Å²) in [6, 6.07) is 14.0. The molecule has 2 heterocycles. The Hall–Kier alpha value is -2.37. The first kappa shape index (κ1) is 17.1. The summed E-state index contributed by atoms with van der Waals surface area (Å²) in [4.78, 5) is 4.46. The molecule has 1 N–H and O–H groups in total. The van der Waals surface area contributed by atoms with Gasteiger partial charge in [0.2, 0.25) is 0 Å². The number of fused-ring (bicyclic) bond motifs is 4. The van der Waals surface area contributed by atoms with Crippen molar-refractivity contribution in [2.45, 2.75) is 38.9 Å². The van der Waals surface area contributed by atoms with E-state index in [9.17, 15) is 5.11 Å². The van der Waals surface area contributed by atoms with Crippen LogP contribution in [-0.2, 0) is 4.65 Å². The predicted molar refractivity (Wildman–Crippen MR) is 107 cm³/mol. The predicted octanol–water partition coefficient (Wildman–Crippen LogP) is 3.68. The van der Waals surface area contributed by atoms with Crippen LogP contribution in [0.4, 0.5) is 0 Å². The molecule has 4 nitrogen and oxygen atoms in total. The van der Waals surface area contributed by atoms with Crippen molar-refractivity contribution in [1.82, 2.24) is 4.98 Å². The van der Waals surface area contributed by atoms with Crippen molar-refractivity contribution in [3.05, 3.63) is 48.7 Å². The number of rotatable bonds is 4. The Kier molecular flexibility index (Phi) is 3.83. The number of nitrogens with zero attached hydrogens (tertiary/aromatic N) is 1. The molecular formula is C21H22BNO3. The second kappa shape index (κ2) is 5.83. The molecule has 0 saturated carbocycles. The van der Waals surface area contributed by atoms with Crippen LogP contribution in [0.15, 0.2) is 53.1 Å². The van der Waals surface area contributed by atoms with Crippen molar-refractivity contribution >= 4 is 45.8 Å². The van der Waals surface area contributed by atoms with Gasteiger partial charge in [-0.1, -0.05) is 18.2 Å². The molecule has 4 rings (SSSR count). The lowest BCUT2D eigenvalue weighted by Crippen LogP contribution is -2.49. The molecule has 0 aliphatic rings. The molecule has 0 unspecified atom stereocenters. The summed E-state index contributed by atoms with van der Waals surface area (Å²) in [6.45, 7) is 7.33. The van der Waals surface area contributed by atoms with Gasteiger partial charge >= 0.3 is 7.48 Å². The maximum absolute atomic E-state index is 10.3. The summed E-state index contributed by atoms with van der Waals surface area (Å²) in [7, 11) is 0.392. The SMILES string of the molecule is CC(C)(O)C(C)(C)OBc1cccc2oc3cc4cccnc4cc3c12. The molecule has 0 atom stereocenters. The van der Waals surface area contributed by atoms with E-state index < -0.39 is 11.2 Å². The summed E-state index contributed by atoms with van der Waals surface area (Å²) in [6.07, 6.45) is 1.80. The Bertz CT molecular complexity index is 1110. The van der Waals surface area contributed by atoms with E-state index in [1.165, 1.54) is 0 Å². The second-order valence-electron chi connectivity index (χ2n) is 7.79. The molecule has 0 bridgehead atoms. The highest BCUT2D eigenvalue weighted by Gasteiger charge is 2.35.